The van der Waals surface area contributed by atoms with Crippen LogP contribution in [0.3, 0.4) is 0 Å². The van der Waals surface area contributed by atoms with Crippen molar-refractivity contribution in [2.75, 3.05) is 13.7 Å². The van der Waals surface area contributed by atoms with Crippen LogP contribution in [0.2, 0.25) is 0 Å². The minimum atomic E-state index is -0.243. The Kier molecular flexibility index (Phi) is 3.76. The molecule has 2 aromatic rings. The highest BCUT2D eigenvalue weighted by molar-refractivity contribution is 9.10. The fraction of sp³-hybridized carbons (Fsp3) is 0.250. The molecule has 0 spiro atoms. The second kappa shape index (κ2) is 5.54. The fourth-order valence-electron chi connectivity index (χ4n) is 2.60. The lowest BCUT2D eigenvalue weighted by Crippen LogP contribution is -2.18. The van der Waals surface area contributed by atoms with Crippen molar-refractivity contribution in [2.45, 2.75) is 12.5 Å². The van der Waals surface area contributed by atoms with Gasteiger partial charge in [-0.15, -0.1) is 0 Å². The van der Waals surface area contributed by atoms with E-state index in [2.05, 4.69) is 27.3 Å². The third-order valence-corrected chi connectivity index (χ3v) is 4.26. The van der Waals surface area contributed by atoms with Gasteiger partial charge in [0.2, 0.25) is 0 Å². The third kappa shape index (κ3) is 2.45. The first-order chi connectivity index (χ1) is 9.69. The van der Waals surface area contributed by atoms with E-state index in [1.165, 1.54) is 5.56 Å². The number of hydrogen-bond donors (Lipinski definition) is 1. The van der Waals surface area contributed by atoms with Crippen molar-refractivity contribution in [3.63, 3.8) is 0 Å². The normalized spacial score (nSPS) is 14.8. The number of nitrogens with one attached hydrogen (secondary N) is 1. The molecule has 0 aliphatic carbocycles. The summed E-state index contributed by atoms with van der Waals surface area (Å²) in [5, 5.41) is 3.25. The topological polar surface area (TPSA) is 21.3 Å². The smallest absolute Gasteiger partial charge is 0.137 e. The molecule has 0 aromatic heterocycles. The summed E-state index contributed by atoms with van der Waals surface area (Å²) in [5.74, 6) is 0.720. The van der Waals surface area contributed by atoms with Gasteiger partial charge < -0.3 is 10.1 Å². The second-order valence-corrected chi connectivity index (χ2v) is 5.72. The van der Waals surface area contributed by atoms with E-state index in [-0.39, 0.29) is 11.9 Å². The van der Waals surface area contributed by atoms with Crippen LogP contribution in [0.25, 0.3) is 0 Å². The second-order valence-electron chi connectivity index (χ2n) is 4.86. The molecular weight excluding hydrogens is 321 g/mol. The molecule has 20 heavy (non-hydrogen) atoms. The number of hydrogen-bond acceptors (Lipinski definition) is 2. The van der Waals surface area contributed by atoms with E-state index >= 15 is 0 Å². The molecule has 0 fully saturated rings. The monoisotopic (exact) mass is 335 g/mol. The Morgan fingerprint density at radius 3 is 2.70 bits per heavy atom. The molecule has 0 radical (unpaired) electrons. The van der Waals surface area contributed by atoms with Crippen LogP contribution in [0.5, 0.6) is 5.75 Å². The summed E-state index contributed by atoms with van der Waals surface area (Å²) < 4.78 is 19.7. The third-order valence-electron chi connectivity index (χ3n) is 3.61. The van der Waals surface area contributed by atoms with Crippen LogP contribution in [0.15, 0.2) is 40.9 Å². The van der Waals surface area contributed by atoms with E-state index in [0.717, 1.165) is 29.9 Å². The first-order valence-electron chi connectivity index (χ1n) is 6.57. The number of halogens is 2. The van der Waals surface area contributed by atoms with Gasteiger partial charge in [0.05, 0.1) is 17.1 Å². The van der Waals surface area contributed by atoms with Crippen LogP contribution in [0, 0.1) is 5.82 Å². The number of rotatable bonds is 3. The number of fused-ring (bicyclic) bond motifs is 1. The predicted molar refractivity (Wildman–Crippen MR) is 80.6 cm³/mol. The molecule has 4 heteroatoms. The average molecular weight is 336 g/mol. The largest absolute Gasteiger partial charge is 0.493 e. The maximum Gasteiger partial charge on any atom is 0.137 e. The lowest BCUT2D eigenvalue weighted by molar-refractivity contribution is 0.357. The molecule has 0 bridgehead atoms. The van der Waals surface area contributed by atoms with E-state index in [1.54, 1.807) is 12.1 Å². The summed E-state index contributed by atoms with van der Waals surface area (Å²) in [5.41, 5.74) is 3.26. The Bertz CT molecular complexity index is 644. The van der Waals surface area contributed by atoms with E-state index in [4.69, 9.17) is 4.74 Å². The highest BCUT2D eigenvalue weighted by Crippen LogP contribution is 2.31. The van der Waals surface area contributed by atoms with Crippen molar-refractivity contribution in [2.24, 2.45) is 0 Å². The molecule has 1 aliphatic rings. The SMILES string of the molecule is CNC(c1ccc(Br)c(F)c1)c1ccc2c(c1)CCO2. The summed E-state index contributed by atoms with van der Waals surface area (Å²) in [6.07, 6.45) is 0.939. The van der Waals surface area contributed by atoms with Gasteiger partial charge in [-0.1, -0.05) is 18.2 Å². The van der Waals surface area contributed by atoms with Gasteiger partial charge in [-0.05, 0) is 57.9 Å². The summed E-state index contributed by atoms with van der Waals surface area (Å²) in [4.78, 5) is 0. The Labute approximate surface area is 126 Å². The molecule has 1 N–H and O–H groups in total. The maximum absolute atomic E-state index is 13.7. The average Bonchev–Trinajstić information content (AvgIpc) is 2.91. The zero-order valence-electron chi connectivity index (χ0n) is 11.1. The van der Waals surface area contributed by atoms with Crippen molar-refractivity contribution in [1.82, 2.24) is 5.32 Å². The van der Waals surface area contributed by atoms with Gasteiger partial charge in [-0.3, -0.25) is 0 Å². The Morgan fingerprint density at radius 1 is 1.20 bits per heavy atom. The van der Waals surface area contributed by atoms with Crippen LogP contribution >= 0.6 is 15.9 Å². The molecule has 2 nitrogen and oxygen atoms in total. The lowest BCUT2D eigenvalue weighted by Gasteiger charge is -2.18. The minimum absolute atomic E-state index is 0.0245. The van der Waals surface area contributed by atoms with Crippen LogP contribution in [0.1, 0.15) is 22.7 Å². The van der Waals surface area contributed by atoms with Gasteiger partial charge in [0, 0.05) is 6.42 Å². The van der Waals surface area contributed by atoms with Crippen LogP contribution in [0.4, 0.5) is 4.39 Å². The molecular formula is C16H15BrFNO. The summed E-state index contributed by atoms with van der Waals surface area (Å²) in [7, 11) is 1.88. The van der Waals surface area contributed by atoms with Gasteiger partial charge >= 0.3 is 0 Å². The van der Waals surface area contributed by atoms with E-state index in [0.29, 0.717) is 4.47 Å². The zero-order chi connectivity index (χ0) is 14.1. The van der Waals surface area contributed by atoms with Crippen molar-refractivity contribution < 1.29 is 9.13 Å². The molecule has 2 aromatic carbocycles. The van der Waals surface area contributed by atoms with Crippen LogP contribution in [-0.2, 0) is 6.42 Å². The van der Waals surface area contributed by atoms with Gasteiger partial charge in [0.25, 0.3) is 0 Å². The van der Waals surface area contributed by atoms with E-state index < -0.39 is 0 Å². The predicted octanol–water partition coefficient (Wildman–Crippen LogP) is 3.83. The molecule has 104 valence electrons. The molecule has 1 heterocycles. The Balaban J connectivity index is 1.98. The van der Waals surface area contributed by atoms with Gasteiger partial charge in [-0.2, -0.15) is 0 Å². The molecule has 1 aliphatic heterocycles. The van der Waals surface area contributed by atoms with Gasteiger partial charge in [0.15, 0.2) is 0 Å². The lowest BCUT2D eigenvalue weighted by atomic mass is 9.96. The molecule has 0 saturated heterocycles. The molecule has 1 unspecified atom stereocenters. The van der Waals surface area contributed by atoms with Crippen LogP contribution < -0.4 is 10.1 Å². The first-order valence-corrected chi connectivity index (χ1v) is 7.36. The summed E-state index contributed by atoms with van der Waals surface area (Å²) in [6.45, 7) is 0.746. The van der Waals surface area contributed by atoms with E-state index in [1.807, 2.05) is 25.2 Å². The van der Waals surface area contributed by atoms with Gasteiger partial charge in [0.1, 0.15) is 11.6 Å². The first kappa shape index (κ1) is 13.6. The maximum atomic E-state index is 13.7. The standard InChI is InChI=1S/C16H15BrFNO/c1-19-16(12-2-4-13(17)14(18)9-12)11-3-5-15-10(8-11)6-7-20-15/h2-5,8-9,16,19H,6-7H2,1H3. The minimum Gasteiger partial charge on any atom is -0.493 e. The van der Waals surface area contributed by atoms with Crippen molar-refractivity contribution >= 4 is 15.9 Å². The van der Waals surface area contributed by atoms with Crippen molar-refractivity contribution in [3.05, 3.63) is 63.4 Å². The zero-order valence-corrected chi connectivity index (χ0v) is 12.7. The van der Waals surface area contributed by atoms with Crippen molar-refractivity contribution in [1.29, 1.82) is 0 Å². The fourth-order valence-corrected chi connectivity index (χ4v) is 2.85. The molecule has 0 saturated carbocycles. The highest BCUT2D eigenvalue weighted by atomic mass is 79.9. The summed E-state index contributed by atoms with van der Waals surface area (Å²) in [6, 6.07) is 11.4. The van der Waals surface area contributed by atoms with Crippen molar-refractivity contribution in [3.8, 4) is 5.75 Å². The molecule has 1 atom stereocenters. The molecule has 3 rings (SSSR count). The number of ether oxygens (including phenoxy) is 1. The van der Waals surface area contributed by atoms with Crippen LogP contribution in [-0.4, -0.2) is 13.7 Å². The van der Waals surface area contributed by atoms with E-state index in [9.17, 15) is 4.39 Å². The molecule has 0 amide bonds. The Morgan fingerprint density at radius 2 is 1.95 bits per heavy atom. The summed E-state index contributed by atoms with van der Waals surface area (Å²) >= 11 is 3.19. The Hall–Kier alpha value is -1.39. The number of benzene rings is 2. The quantitative estimate of drug-likeness (QED) is 0.920. The highest BCUT2D eigenvalue weighted by Gasteiger charge is 2.18. The van der Waals surface area contributed by atoms with Gasteiger partial charge in [-0.25, -0.2) is 4.39 Å².